The number of aromatic nitrogens is 3. The number of sulfonamides is 1. The molecule has 2 aromatic heterocycles. The van der Waals surface area contributed by atoms with Crippen LogP contribution in [0.5, 0.6) is 29.1 Å². The quantitative estimate of drug-likeness (QED) is 0.277. The summed E-state index contributed by atoms with van der Waals surface area (Å²) in [6, 6.07) is 10.1. The van der Waals surface area contributed by atoms with E-state index in [0.717, 1.165) is 31.5 Å². The number of para-hydroxylation sites is 2. The second-order valence-electron chi connectivity index (χ2n) is 10.7. The van der Waals surface area contributed by atoms with Crippen LogP contribution in [0.15, 0.2) is 47.6 Å². The van der Waals surface area contributed by atoms with Gasteiger partial charge in [-0.15, -0.1) is 0 Å². The Hall–Kier alpha value is -3.72. The summed E-state index contributed by atoms with van der Waals surface area (Å²) in [5, 5.41) is -0.180. The van der Waals surface area contributed by atoms with Gasteiger partial charge in [0.05, 0.1) is 26.4 Å². The van der Waals surface area contributed by atoms with Crippen molar-refractivity contribution < 1.29 is 36.8 Å². The Morgan fingerprint density at radius 2 is 1.84 bits per heavy atom. The van der Waals surface area contributed by atoms with E-state index in [0.29, 0.717) is 37.9 Å². The number of anilines is 1. The summed E-state index contributed by atoms with van der Waals surface area (Å²) in [6.07, 6.45) is 3.15. The molecule has 0 aliphatic carbocycles. The standard InChI is InChI=1S/C30H39N5O8S/c1-21(2)22-10-11-26(31-19-22)44(36,37)34-28-27(43-25-9-5-4-8-24(25)38-3)29(42-20-23-7-6-15-40-23)33-30(32-28)41-18-14-35-12-16-39-17-13-35/h4-5,8-11,19,21,23H,6-7,12-18,20H2,1-3H3,(H,32,33,34). The molecule has 44 heavy (non-hydrogen) atoms. The number of rotatable bonds is 14. The predicted molar refractivity (Wildman–Crippen MR) is 161 cm³/mol. The average molecular weight is 630 g/mol. The smallest absolute Gasteiger partial charge is 0.322 e. The minimum atomic E-state index is -4.21. The number of hydrogen-bond donors (Lipinski definition) is 1. The Bertz CT molecular complexity index is 1480. The third kappa shape index (κ3) is 8.25. The van der Waals surface area contributed by atoms with Gasteiger partial charge in [-0.3, -0.25) is 9.62 Å². The van der Waals surface area contributed by atoms with Gasteiger partial charge in [0.25, 0.3) is 15.9 Å². The third-order valence-corrected chi connectivity index (χ3v) is 8.45. The van der Waals surface area contributed by atoms with E-state index in [2.05, 4.69) is 24.6 Å². The molecule has 13 nitrogen and oxygen atoms in total. The summed E-state index contributed by atoms with van der Waals surface area (Å²) < 4.78 is 64.6. The summed E-state index contributed by atoms with van der Waals surface area (Å²) in [6.45, 7) is 8.61. The van der Waals surface area contributed by atoms with Crippen molar-refractivity contribution in [2.24, 2.45) is 0 Å². The van der Waals surface area contributed by atoms with Gasteiger partial charge in [0.1, 0.15) is 13.2 Å². The SMILES string of the molecule is COc1ccccc1Oc1c(NS(=O)(=O)c2ccc(C(C)C)cn2)nc(OCCN2CCOCC2)nc1OCC1CCCO1. The zero-order chi connectivity index (χ0) is 30.9. The van der Waals surface area contributed by atoms with E-state index in [1.807, 2.05) is 13.8 Å². The highest BCUT2D eigenvalue weighted by Crippen LogP contribution is 2.41. The maximum atomic E-state index is 13.6. The lowest BCUT2D eigenvalue weighted by atomic mass is 10.1. The lowest BCUT2D eigenvalue weighted by molar-refractivity contribution is 0.0316. The molecule has 0 bridgehead atoms. The fourth-order valence-electron chi connectivity index (χ4n) is 4.66. The number of morpholine rings is 1. The molecule has 1 atom stereocenters. The summed E-state index contributed by atoms with van der Waals surface area (Å²) in [7, 11) is -2.70. The monoisotopic (exact) mass is 629 g/mol. The number of nitrogens with one attached hydrogen (secondary N) is 1. The molecule has 0 radical (unpaired) electrons. The molecule has 1 aromatic carbocycles. The average Bonchev–Trinajstić information content (AvgIpc) is 3.56. The van der Waals surface area contributed by atoms with Gasteiger partial charge >= 0.3 is 6.01 Å². The van der Waals surface area contributed by atoms with Crippen molar-refractivity contribution in [3.63, 3.8) is 0 Å². The van der Waals surface area contributed by atoms with E-state index >= 15 is 0 Å². The molecule has 1 unspecified atom stereocenters. The maximum Gasteiger partial charge on any atom is 0.322 e. The van der Waals surface area contributed by atoms with Gasteiger partial charge in [0.2, 0.25) is 5.75 Å². The second-order valence-corrected chi connectivity index (χ2v) is 12.3. The first-order chi connectivity index (χ1) is 21.3. The molecule has 4 heterocycles. The van der Waals surface area contributed by atoms with Crippen LogP contribution in [0.3, 0.4) is 0 Å². The van der Waals surface area contributed by atoms with Crippen molar-refractivity contribution in [1.29, 1.82) is 0 Å². The molecule has 3 aromatic rings. The van der Waals surface area contributed by atoms with Crippen molar-refractivity contribution in [2.45, 2.75) is 43.7 Å². The maximum absolute atomic E-state index is 13.6. The normalized spacial score (nSPS) is 17.4. The van der Waals surface area contributed by atoms with Crippen molar-refractivity contribution in [3.05, 3.63) is 48.2 Å². The van der Waals surface area contributed by atoms with Gasteiger partial charge < -0.3 is 28.4 Å². The summed E-state index contributed by atoms with van der Waals surface area (Å²) >= 11 is 0. The van der Waals surface area contributed by atoms with Gasteiger partial charge in [-0.1, -0.05) is 32.0 Å². The summed E-state index contributed by atoms with van der Waals surface area (Å²) in [4.78, 5) is 15.3. The highest BCUT2D eigenvalue weighted by molar-refractivity contribution is 7.92. The first-order valence-corrected chi connectivity index (χ1v) is 16.2. The summed E-state index contributed by atoms with van der Waals surface area (Å²) in [5.74, 6) is 0.670. The second kappa shape index (κ2) is 14.8. The molecule has 5 rings (SSSR count). The number of pyridine rings is 1. The van der Waals surface area contributed by atoms with E-state index in [9.17, 15) is 8.42 Å². The van der Waals surface area contributed by atoms with Crippen molar-refractivity contribution in [2.75, 3.05) is 64.5 Å². The topological polar surface area (TPSA) is 143 Å². The van der Waals surface area contributed by atoms with Crippen LogP contribution >= 0.6 is 0 Å². The number of benzene rings is 1. The van der Waals surface area contributed by atoms with E-state index in [1.165, 1.54) is 13.2 Å². The number of methoxy groups -OCH3 is 1. The first-order valence-electron chi connectivity index (χ1n) is 14.7. The van der Waals surface area contributed by atoms with Crippen LogP contribution in [0.25, 0.3) is 0 Å². The Labute approximate surface area is 257 Å². The van der Waals surface area contributed by atoms with Gasteiger partial charge in [-0.25, -0.2) is 4.98 Å². The highest BCUT2D eigenvalue weighted by Gasteiger charge is 2.27. The zero-order valence-electron chi connectivity index (χ0n) is 25.2. The first kappa shape index (κ1) is 31.7. The molecule has 0 spiro atoms. The van der Waals surface area contributed by atoms with Gasteiger partial charge in [-0.05, 0) is 42.5 Å². The van der Waals surface area contributed by atoms with Crippen LogP contribution < -0.4 is 23.7 Å². The Kier molecular flexibility index (Phi) is 10.7. The van der Waals surface area contributed by atoms with Crippen LogP contribution in [0.4, 0.5) is 5.82 Å². The van der Waals surface area contributed by atoms with Crippen molar-refractivity contribution in [1.82, 2.24) is 19.9 Å². The fraction of sp³-hybridized carbons (Fsp3) is 0.500. The molecule has 0 amide bonds. The lowest BCUT2D eigenvalue weighted by Gasteiger charge is -2.26. The van der Waals surface area contributed by atoms with E-state index < -0.39 is 10.0 Å². The van der Waals surface area contributed by atoms with Crippen LogP contribution in [0, 0.1) is 0 Å². The Morgan fingerprint density at radius 3 is 2.52 bits per heavy atom. The minimum absolute atomic E-state index is 0.0106. The van der Waals surface area contributed by atoms with E-state index in [1.54, 1.807) is 36.5 Å². The van der Waals surface area contributed by atoms with E-state index in [4.69, 9.17) is 28.4 Å². The van der Waals surface area contributed by atoms with Crippen molar-refractivity contribution >= 4 is 15.8 Å². The van der Waals surface area contributed by atoms with Gasteiger partial charge in [0, 0.05) is 32.4 Å². The molecule has 238 valence electrons. The van der Waals surface area contributed by atoms with E-state index in [-0.39, 0.29) is 53.7 Å². The van der Waals surface area contributed by atoms with Crippen LogP contribution in [-0.2, 0) is 19.5 Å². The molecule has 14 heteroatoms. The molecular weight excluding hydrogens is 590 g/mol. The zero-order valence-corrected chi connectivity index (χ0v) is 26.0. The minimum Gasteiger partial charge on any atom is -0.493 e. The molecule has 1 N–H and O–H groups in total. The lowest BCUT2D eigenvalue weighted by Crippen LogP contribution is -2.38. The highest BCUT2D eigenvalue weighted by atomic mass is 32.2. The Balaban J connectivity index is 1.50. The van der Waals surface area contributed by atoms with Crippen LogP contribution in [0.1, 0.15) is 38.2 Å². The molecule has 2 aliphatic heterocycles. The molecule has 2 aliphatic rings. The molecular formula is C30H39N5O8S. The predicted octanol–water partition coefficient (Wildman–Crippen LogP) is 3.87. The molecule has 2 fully saturated rings. The summed E-state index contributed by atoms with van der Waals surface area (Å²) in [5.41, 5.74) is 0.909. The molecule has 2 saturated heterocycles. The van der Waals surface area contributed by atoms with Crippen LogP contribution in [0.2, 0.25) is 0 Å². The Morgan fingerprint density at radius 1 is 1.05 bits per heavy atom. The van der Waals surface area contributed by atoms with Crippen molar-refractivity contribution in [3.8, 4) is 29.1 Å². The fourth-order valence-corrected chi connectivity index (χ4v) is 5.59. The molecule has 0 saturated carbocycles. The van der Waals surface area contributed by atoms with Gasteiger partial charge in [0.15, 0.2) is 22.3 Å². The van der Waals surface area contributed by atoms with Gasteiger partial charge in [-0.2, -0.15) is 18.4 Å². The van der Waals surface area contributed by atoms with Crippen LogP contribution in [-0.4, -0.2) is 94.2 Å². The largest absolute Gasteiger partial charge is 0.493 e. The number of ether oxygens (including phenoxy) is 6. The number of nitrogens with zero attached hydrogens (tertiary/aromatic N) is 4. The number of hydrogen-bond acceptors (Lipinski definition) is 12. The third-order valence-electron chi connectivity index (χ3n) is 7.20.